The minimum Gasteiger partial charge on any atom is -0.391 e. The Bertz CT molecular complexity index is 1120. The van der Waals surface area contributed by atoms with Gasteiger partial charge in [0.1, 0.15) is 13.2 Å². The first-order valence-corrected chi connectivity index (χ1v) is 28.3. The number of nitrogens with zero attached hydrogens (tertiary/aromatic N) is 1. The van der Waals surface area contributed by atoms with Gasteiger partial charge in [-0.05, 0) is 51.4 Å². The molecule has 372 valence electrons. The Morgan fingerprint density at radius 3 is 1.32 bits per heavy atom. The number of aliphatic hydroxyl groups excluding tert-OH is 1. The second-order valence-corrected chi connectivity index (χ2v) is 21.1. The van der Waals surface area contributed by atoms with Crippen LogP contribution in [-0.4, -0.2) is 73.4 Å². The summed E-state index contributed by atoms with van der Waals surface area (Å²) in [7, 11) is 1.62. The summed E-state index contributed by atoms with van der Waals surface area (Å²) in [6, 6.07) is -0.758. The van der Waals surface area contributed by atoms with E-state index in [9.17, 15) is 19.4 Å². The van der Waals surface area contributed by atoms with Gasteiger partial charge < -0.3 is 19.8 Å². The van der Waals surface area contributed by atoms with Gasteiger partial charge in [0.15, 0.2) is 0 Å². The Labute approximate surface area is 391 Å². The largest absolute Gasteiger partial charge is 0.472 e. The van der Waals surface area contributed by atoms with Gasteiger partial charge >= 0.3 is 7.82 Å². The number of likely N-dealkylation sites (N-methyl/N-ethyl adjacent to an activating group) is 1. The highest BCUT2D eigenvalue weighted by Gasteiger charge is 2.28. The molecule has 0 aliphatic rings. The van der Waals surface area contributed by atoms with E-state index in [4.69, 9.17) is 9.05 Å². The predicted molar refractivity (Wildman–Crippen MR) is 272 cm³/mol. The van der Waals surface area contributed by atoms with E-state index >= 15 is 0 Å². The monoisotopic (exact) mass is 910 g/mol. The zero-order chi connectivity index (χ0) is 46.4. The molecule has 0 aliphatic heterocycles. The number of quaternary nitrogens is 1. The van der Waals surface area contributed by atoms with Crippen LogP contribution in [0.1, 0.15) is 251 Å². The highest BCUT2D eigenvalue weighted by atomic mass is 31.2. The highest BCUT2D eigenvalue weighted by Crippen LogP contribution is 2.43. The molecular weight excluding hydrogens is 804 g/mol. The van der Waals surface area contributed by atoms with Crippen LogP contribution in [0.15, 0.2) is 36.5 Å². The number of unbranched alkanes of at least 4 members (excludes halogenated alkanes) is 30. The van der Waals surface area contributed by atoms with Crippen molar-refractivity contribution < 1.29 is 32.9 Å². The molecule has 0 spiro atoms. The van der Waals surface area contributed by atoms with Gasteiger partial charge in [0, 0.05) is 6.42 Å². The van der Waals surface area contributed by atoms with E-state index in [1.807, 2.05) is 21.1 Å². The molecule has 63 heavy (non-hydrogen) atoms. The molecule has 3 unspecified atom stereocenters. The zero-order valence-electron chi connectivity index (χ0n) is 42.3. The molecule has 9 heteroatoms. The number of rotatable bonds is 49. The molecule has 0 bridgehead atoms. The number of hydrogen-bond donors (Lipinski definition) is 3. The van der Waals surface area contributed by atoms with Gasteiger partial charge in [-0.25, -0.2) is 4.57 Å². The first-order valence-electron chi connectivity index (χ1n) is 26.9. The first-order chi connectivity index (χ1) is 30.5. The number of carbonyl (C=O) groups is 1. The van der Waals surface area contributed by atoms with Crippen molar-refractivity contribution in [2.75, 3.05) is 40.9 Å². The van der Waals surface area contributed by atoms with Crippen molar-refractivity contribution >= 4 is 13.7 Å². The summed E-state index contributed by atoms with van der Waals surface area (Å²) >= 11 is 0. The number of allylic oxidation sites excluding steroid dienone is 6. The van der Waals surface area contributed by atoms with Crippen molar-refractivity contribution in [3.8, 4) is 0 Å². The molecule has 0 aromatic heterocycles. The Hall–Kier alpha value is -1.28. The third-order valence-corrected chi connectivity index (χ3v) is 13.1. The summed E-state index contributed by atoms with van der Waals surface area (Å²) < 4.78 is 23.6. The second-order valence-electron chi connectivity index (χ2n) is 19.6. The number of carbonyl (C=O) groups excluding carboxylic acids is 1. The molecule has 0 aromatic carbocycles. The molecule has 0 rings (SSSR count). The third-order valence-electron chi connectivity index (χ3n) is 12.1. The van der Waals surface area contributed by atoms with E-state index in [1.54, 1.807) is 0 Å². The van der Waals surface area contributed by atoms with Crippen molar-refractivity contribution in [2.24, 2.45) is 0 Å². The van der Waals surface area contributed by atoms with Crippen LogP contribution in [0.4, 0.5) is 0 Å². The van der Waals surface area contributed by atoms with Gasteiger partial charge in [-0.3, -0.25) is 13.8 Å². The molecule has 0 aliphatic carbocycles. The van der Waals surface area contributed by atoms with Crippen LogP contribution in [0.3, 0.4) is 0 Å². The molecule has 0 fully saturated rings. The van der Waals surface area contributed by atoms with Crippen LogP contribution in [0.25, 0.3) is 0 Å². The molecule has 0 saturated carbocycles. The van der Waals surface area contributed by atoms with E-state index in [2.05, 4.69) is 55.6 Å². The molecular formula is C54H106N2O6P+. The lowest BCUT2D eigenvalue weighted by atomic mass is 10.0. The summed E-state index contributed by atoms with van der Waals surface area (Å²) in [6.07, 6.45) is 57.8. The fraction of sp³-hybridized carbons (Fsp3) is 0.870. The van der Waals surface area contributed by atoms with Crippen molar-refractivity contribution in [1.29, 1.82) is 0 Å². The normalized spacial score (nSPS) is 14.3. The summed E-state index contributed by atoms with van der Waals surface area (Å²) in [6.45, 7) is 4.87. The molecule has 3 N–H and O–H groups in total. The molecule has 0 aromatic rings. The molecule has 0 saturated heterocycles. The van der Waals surface area contributed by atoms with Crippen molar-refractivity contribution in [3.63, 3.8) is 0 Å². The van der Waals surface area contributed by atoms with Crippen molar-refractivity contribution in [2.45, 2.75) is 264 Å². The number of amides is 1. The standard InChI is InChI=1S/C54H105N2O6P/c1-6-8-10-12-14-16-18-19-20-21-22-23-24-25-26-27-28-29-30-31-32-33-34-35-36-37-38-40-42-44-46-48-54(58)55-52(51-62-63(59,60)61-50-49-56(3,4)5)53(57)47-45-43-41-39-17-15-13-11-9-7-2/h18-19,21-22,24-25,52-53,57H,6-17,20,23,26-51H2,1-5H3,(H-,55,58,59,60)/p+1/b19-18-,22-21-,25-24-. The lowest BCUT2D eigenvalue weighted by Crippen LogP contribution is -2.46. The SMILES string of the molecule is CCCCCCC/C=C\C/C=C\C/C=C\CCCCCCCCCCCCCCCCCCC(=O)NC(COP(=O)(O)OCC[N+](C)(C)C)C(O)CCCCCCCCCCCC. The van der Waals surface area contributed by atoms with Crippen molar-refractivity contribution in [3.05, 3.63) is 36.5 Å². The smallest absolute Gasteiger partial charge is 0.391 e. The lowest BCUT2D eigenvalue weighted by molar-refractivity contribution is -0.870. The average Bonchev–Trinajstić information content (AvgIpc) is 3.24. The first kappa shape index (κ1) is 61.7. The van der Waals surface area contributed by atoms with Crippen LogP contribution in [-0.2, 0) is 18.4 Å². The van der Waals surface area contributed by atoms with Crippen LogP contribution in [0, 0.1) is 0 Å². The summed E-state index contributed by atoms with van der Waals surface area (Å²) in [5, 5.41) is 14.0. The topological polar surface area (TPSA) is 105 Å². The zero-order valence-corrected chi connectivity index (χ0v) is 43.2. The number of aliphatic hydroxyl groups is 1. The highest BCUT2D eigenvalue weighted by molar-refractivity contribution is 7.47. The van der Waals surface area contributed by atoms with Gasteiger partial charge in [-0.2, -0.15) is 0 Å². The van der Waals surface area contributed by atoms with E-state index < -0.39 is 20.0 Å². The fourth-order valence-corrected chi connectivity index (χ4v) is 8.61. The van der Waals surface area contributed by atoms with Gasteiger partial charge in [0.05, 0.1) is 39.9 Å². The Morgan fingerprint density at radius 2 is 0.905 bits per heavy atom. The van der Waals surface area contributed by atoms with Crippen LogP contribution < -0.4 is 5.32 Å². The molecule has 3 atom stereocenters. The minimum atomic E-state index is -4.31. The van der Waals surface area contributed by atoms with Crippen LogP contribution in [0.2, 0.25) is 0 Å². The van der Waals surface area contributed by atoms with Crippen LogP contribution in [0.5, 0.6) is 0 Å². The Balaban J connectivity index is 3.99. The maximum atomic E-state index is 12.9. The van der Waals surface area contributed by atoms with E-state index in [0.717, 1.165) is 51.4 Å². The molecule has 8 nitrogen and oxygen atoms in total. The Kier molecular flexibility index (Phi) is 44.9. The number of phosphoric ester groups is 1. The lowest BCUT2D eigenvalue weighted by Gasteiger charge is -2.26. The van der Waals surface area contributed by atoms with Gasteiger partial charge in [0.25, 0.3) is 0 Å². The summed E-state index contributed by atoms with van der Waals surface area (Å²) in [5.41, 5.74) is 0. The number of nitrogens with one attached hydrogen (secondary N) is 1. The minimum absolute atomic E-state index is 0.0752. The van der Waals surface area contributed by atoms with E-state index in [-0.39, 0.29) is 19.1 Å². The third kappa shape index (κ3) is 48.5. The Morgan fingerprint density at radius 1 is 0.540 bits per heavy atom. The quantitative estimate of drug-likeness (QED) is 0.0243. The molecule has 1 amide bonds. The fourth-order valence-electron chi connectivity index (χ4n) is 7.88. The van der Waals surface area contributed by atoms with Gasteiger partial charge in [0.2, 0.25) is 5.91 Å². The van der Waals surface area contributed by atoms with Crippen LogP contribution >= 0.6 is 7.82 Å². The summed E-state index contributed by atoms with van der Waals surface area (Å²) in [5.74, 6) is -0.145. The van der Waals surface area contributed by atoms with E-state index in [0.29, 0.717) is 23.9 Å². The second kappa shape index (κ2) is 45.9. The predicted octanol–water partition coefficient (Wildman–Crippen LogP) is 15.8. The van der Waals surface area contributed by atoms with Gasteiger partial charge in [-0.1, -0.05) is 230 Å². The number of hydrogen-bond acceptors (Lipinski definition) is 5. The van der Waals surface area contributed by atoms with E-state index in [1.165, 1.54) is 173 Å². The maximum absolute atomic E-state index is 12.9. The molecule has 0 heterocycles. The number of phosphoric acid groups is 1. The average molecular weight is 910 g/mol. The van der Waals surface area contributed by atoms with Crippen molar-refractivity contribution in [1.82, 2.24) is 5.32 Å². The molecule has 0 radical (unpaired) electrons. The maximum Gasteiger partial charge on any atom is 0.472 e. The summed E-state index contributed by atoms with van der Waals surface area (Å²) in [4.78, 5) is 23.2. The van der Waals surface area contributed by atoms with Gasteiger partial charge in [-0.15, -0.1) is 0 Å².